The molecule has 0 atom stereocenters. The van der Waals surface area contributed by atoms with Gasteiger partial charge in [-0.2, -0.15) is 0 Å². The molecule has 0 spiro atoms. The molecule has 20 heavy (non-hydrogen) atoms. The highest BCUT2D eigenvalue weighted by Gasteiger charge is 2.02. The van der Waals surface area contributed by atoms with Crippen molar-refractivity contribution in [2.45, 2.75) is 51.4 Å². The van der Waals surface area contributed by atoms with Crippen molar-refractivity contribution in [2.24, 2.45) is 0 Å². The Bertz CT molecular complexity index is 188. The lowest BCUT2D eigenvalue weighted by molar-refractivity contribution is 0.0526. The number of carbonyl (C=O) groups is 1. The van der Waals surface area contributed by atoms with Crippen LogP contribution in [0.1, 0.15) is 51.4 Å². The van der Waals surface area contributed by atoms with Crippen LogP contribution in [0.25, 0.3) is 0 Å². The molecule has 0 N–H and O–H groups in total. The summed E-state index contributed by atoms with van der Waals surface area (Å²) in [5.74, 6) is 0. The standard InChI is InChI=1S/C15H30O5/c1-17-11-7-3-5-9-13-19-15(16)20-14-10-6-4-8-12-18-2/h3-14H2,1-2H3. The first-order valence-corrected chi connectivity index (χ1v) is 7.58. The normalized spacial score (nSPS) is 10.5. The number of unbranched alkanes of at least 4 members (excludes halogenated alkanes) is 6. The second kappa shape index (κ2) is 16.2. The van der Waals surface area contributed by atoms with E-state index in [0.29, 0.717) is 13.2 Å². The average Bonchev–Trinajstić information content (AvgIpc) is 2.45. The Morgan fingerprint density at radius 2 is 0.950 bits per heavy atom. The van der Waals surface area contributed by atoms with Gasteiger partial charge >= 0.3 is 6.16 Å². The van der Waals surface area contributed by atoms with Gasteiger partial charge in [0.05, 0.1) is 13.2 Å². The summed E-state index contributed by atoms with van der Waals surface area (Å²) in [7, 11) is 3.41. The first-order chi connectivity index (χ1) is 9.81. The number of hydrogen-bond acceptors (Lipinski definition) is 5. The van der Waals surface area contributed by atoms with Crippen LogP contribution in [-0.4, -0.2) is 46.8 Å². The summed E-state index contributed by atoms with van der Waals surface area (Å²) in [5.41, 5.74) is 0. The number of rotatable bonds is 14. The van der Waals surface area contributed by atoms with E-state index in [4.69, 9.17) is 18.9 Å². The maximum Gasteiger partial charge on any atom is 0.508 e. The molecule has 0 aliphatic heterocycles. The molecule has 0 amide bonds. The zero-order chi connectivity index (χ0) is 14.9. The van der Waals surface area contributed by atoms with Crippen molar-refractivity contribution in [1.82, 2.24) is 0 Å². The van der Waals surface area contributed by atoms with Gasteiger partial charge in [0.2, 0.25) is 0 Å². The smallest absolute Gasteiger partial charge is 0.434 e. The van der Waals surface area contributed by atoms with Gasteiger partial charge in [0.15, 0.2) is 0 Å². The van der Waals surface area contributed by atoms with Crippen molar-refractivity contribution in [3.05, 3.63) is 0 Å². The van der Waals surface area contributed by atoms with Crippen LogP contribution < -0.4 is 0 Å². The van der Waals surface area contributed by atoms with Gasteiger partial charge in [0, 0.05) is 27.4 Å². The van der Waals surface area contributed by atoms with E-state index in [1.165, 1.54) is 0 Å². The maximum absolute atomic E-state index is 11.2. The van der Waals surface area contributed by atoms with Crippen LogP contribution in [0.3, 0.4) is 0 Å². The Balaban J connectivity index is 3.13. The Kier molecular flexibility index (Phi) is 15.6. The molecule has 0 rings (SSSR count). The lowest BCUT2D eigenvalue weighted by Gasteiger charge is -2.06. The Morgan fingerprint density at radius 1 is 0.600 bits per heavy atom. The average molecular weight is 290 g/mol. The molecule has 0 aliphatic carbocycles. The predicted molar refractivity (Wildman–Crippen MR) is 78.0 cm³/mol. The molecule has 120 valence electrons. The van der Waals surface area contributed by atoms with E-state index < -0.39 is 6.16 Å². The van der Waals surface area contributed by atoms with Crippen LogP contribution in [0.15, 0.2) is 0 Å². The fourth-order valence-corrected chi connectivity index (χ4v) is 1.76. The van der Waals surface area contributed by atoms with E-state index in [9.17, 15) is 4.79 Å². The fraction of sp³-hybridized carbons (Fsp3) is 0.933. The van der Waals surface area contributed by atoms with Crippen LogP contribution in [0.4, 0.5) is 4.79 Å². The Hall–Kier alpha value is -0.810. The second-order valence-electron chi connectivity index (χ2n) is 4.76. The zero-order valence-electron chi connectivity index (χ0n) is 13.0. The monoisotopic (exact) mass is 290 g/mol. The van der Waals surface area contributed by atoms with Crippen LogP contribution in [0.5, 0.6) is 0 Å². The maximum atomic E-state index is 11.2. The van der Waals surface area contributed by atoms with E-state index in [-0.39, 0.29) is 0 Å². The van der Waals surface area contributed by atoms with Gasteiger partial charge in [-0.3, -0.25) is 0 Å². The summed E-state index contributed by atoms with van der Waals surface area (Å²) in [6.07, 6.45) is 7.66. The van der Waals surface area contributed by atoms with Crippen molar-refractivity contribution in [2.75, 3.05) is 40.6 Å². The largest absolute Gasteiger partial charge is 0.508 e. The van der Waals surface area contributed by atoms with Crippen LogP contribution in [-0.2, 0) is 18.9 Å². The molecule has 0 saturated carbocycles. The number of ether oxygens (including phenoxy) is 4. The molecule has 0 unspecified atom stereocenters. The second-order valence-corrected chi connectivity index (χ2v) is 4.76. The molecular weight excluding hydrogens is 260 g/mol. The molecule has 0 saturated heterocycles. The predicted octanol–water partition coefficient (Wildman–Crippen LogP) is 3.55. The summed E-state index contributed by atoms with van der Waals surface area (Å²) in [5, 5.41) is 0. The summed E-state index contributed by atoms with van der Waals surface area (Å²) in [6, 6.07) is 0. The minimum Gasteiger partial charge on any atom is -0.434 e. The molecule has 0 heterocycles. The van der Waals surface area contributed by atoms with Crippen LogP contribution >= 0.6 is 0 Å². The zero-order valence-corrected chi connectivity index (χ0v) is 13.0. The minimum atomic E-state index is -0.543. The van der Waals surface area contributed by atoms with Crippen molar-refractivity contribution in [3.8, 4) is 0 Å². The number of carbonyl (C=O) groups excluding carboxylic acids is 1. The summed E-state index contributed by atoms with van der Waals surface area (Å²) in [6.45, 7) is 2.49. The van der Waals surface area contributed by atoms with Gasteiger partial charge in [-0.1, -0.05) is 12.8 Å². The molecule has 0 radical (unpaired) electrons. The van der Waals surface area contributed by atoms with Gasteiger partial charge in [-0.25, -0.2) is 4.79 Å². The molecule has 0 aromatic heterocycles. The Morgan fingerprint density at radius 3 is 1.30 bits per heavy atom. The van der Waals surface area contributed by atoms with Gasteiger partial charge in [0.25, 0.3) is 0 Å². The fourth-order valence-electron chi connectivity index (χ4n) is 1.76. The SMILES string of the molecule is COCCCCCCOC(=O)OCCCCCCOC. The molecular formula is C15H30O5. The van der Waals surface area contributed by atoms with Gasteiger partial charge in [-0.05, 0) is 38.5 Å². The van der Waals surface area contributed by atoms with Crippen LogP contribution in [0.2, 0.25) is 0 Å². The molecule has 5 nitrogen and oxygen atoms in total. The van der Waals surface area contributed by atoms with Gasteiger partial charge in [0.1, 0.15) is 0 Å². The highest BCUT2D eigenvalue weighted by Crippen LogP contribution is 2.03. The van der Waals surface area contributed by atoms with E-state index in [2.05, 4.69) is 0 Å². The summed E-state index contributed by atoms with van der Waals surface area (Å²) < 4.78 is 19.9. The van der Waals surface area contributed by atoms with Crippen molar-refractivity contribution < 1.29 is 23.7 Å². The van der Waals surface area contributed by atoms with Crippen molar-refractivity contribution in [3.63, 3.8) is 0 Å². The number of hydrogen-bond donors (Lipinski definition) is 0. The summed E-state index contributed by atoms with van der Waals surface area (Å²) >= 11 is 0. The molecule has 0 fully saturated rings. The van der Waals surface area contributed by atoms with Crippen molar-refractivity contribution >= 4 is 6.16 Å². The highest BCUT2D eigenvalue weighted by atomic mass is 16.7. The van der Waals surface area contributed by atoms with Gasteiger partial charge in [-0.15, -0.1) is 0 Å². The molecule has 5 heteroatoms. The lowest BCUT2D eigenvalue weighted by Crippen LogP contribution is -2.09. The first kappa shape index (κ1) is 19.2. The van der Waals surface area contributed by atoms with E-state index in [0.717, 1.165) is 64.6 Å². The van der Waals surface area contributed by atoms with Crippen LogP contribution in [0, 0.1) is 0 Å². The molecule has 0 aromatic rings. The summed E-state index contributed by atoms with van der Waals surface area (Å²) in [4.78, 5) is 11.2. The third-order valence-electron chi connectivity index (χ3n) is 2.93. The van der Waals surface area contributed by atoms with E-state index in [1.54, 1.807) is 14.2 Å². The topological polar surface area (TPSA) is 54.0 Å². The molecule has 0 aromatic carbocycles. The molecule has 0 aliphatic rings. The van der Waals surface area contributed by atoms with Crippen molar-refractivity contribution in [1.29, 1.82) is 0 Å². The van der Waals surface area contributed by atoms with E-state index in [1.807, 2.05) is 0 Å². The third kappa shape index (κ3) is 15.2. The Labute approximate surface area is 122 Å². The highest BCUT2D eigenvalue weighted by molar-refractivity contribution is 5.59. The quantitative estimate of drug-likeness (QED) is 0.362. The van der Waals surface area contributed by atoms with Gasteiger partial charge < -0.3 is 18.9 Å². The lowest BCUT2D eigenvalue weighted by atomic mass is 10.2. The minimum absolute atomic E-state index is 0.444. The molecule has 0 bridgehead atoms. The van der Waals surface area contributed by atoms with E-state index >= 15 is 0 Å². The number of methoxy groups -OCH3 is 2. The first-order valence-electron chi connectivity index (χ1n) is 7.58. The third-order valence-corrected chi connectivity index (χ3v) is 2.93.